The van der Waals surface area contributed by atoms with Crippen LogP contribution in [-0.2, 0) is 9.59 Å². The maximum atomic E-state index is 12.6. The van der Waals surface area contributed by atoms with Gasteiger partial charge in [-0.15, -0.1) is 11.8 Å². The Morgan fingerprint density at radius 3 is 2.50 bits per heavy atom. The largest absolute Gasteiger partial charge is 0.326 e. The van der Waals surface area contributed by atoms with Crippen LogP contribution < -0.4 is 10.6 Å². The summed E-state index contributed by atoms with van der Waals surface area (Å²) >= 11 is 3.76. The fraction of sp³-hybridized carbons (Fsp3) is 0.300. The summed E-state index contributed by atoms with van der Waals surface area (Å²) < 4.78 is 1.13. The highest BCUT2D eigenvalue weighted by Crippen LogP contribution is 2.32. The smallest absolute Gasteiger partial charge is 0.237 e. The first kappa shape index (κ1) is 19.2. The van der Waals surface area contributed by atoms with Gasteiger partial charge in [-0.05, 0) is 84.3 Å². The summed E-state index contributed by atoms with van der Waals surface area (Å²) in [5, 5.41) is 5.74. The molecule has 26 heavy (non-hydrogen) atoms. The van der Waals surface area contributed by atoms with Gasteiger partial charge in [-0.3, -0.25) is 9.59 Å². The molecule has 0 aliphatic heterocycles. The molecule has 6 heteroatoms. The standard InChI is InChI=1S/C20H21IN2O2S/c1-2-18(20(25)22-15-10-8-14(21)9-11-15)26-17-5-3-4-16(12-17)23-19(24)13-6-7-13/h3-5,8-13,18H,2,6-7H2,1H3,(H,22,25)(H,23,24). The van der Waals surface area contributed by atoms with Crippen molar-refractivity contribution in [3.8, 4) is 0 Å². The van der Waals surface area contributed by atoms with Gasteiger partial charge in [0.1, 0.15) is 0 Å². The second-order valence-corrected chi connectivity index (χ2v) is 8.82. The summed E-state index contributed by atoms with van der Waals surface area (Å²) in [7, 11) is 0. The van der Waals surface area contributed by atoms with Crippen LogP contribution in [0.5, 0.6) is 0 Å². The van der Waals surface area contributed by atoms with E-state index in [1.165, 1.54) is 11.8 Å². The number of rotatable bonds is 7. The molecule has 0 spiro atoms. The van der Waals surface area contributed by atoms with Gasteiger partial charge in [-0.1, -0.05) is 13.0 Å². The van der Waals surface area contributed by atoms with Crippen molar-refractivity contribution in [3.05, 3.63) is 52.1 Å². The number of nitrogens with one attached hydrogen (secondary N) is 2. The molecule has 0 heterocycles. The monoisotopic (exact) mass is 480 g/mol. The van der Waals surface area contributed by atoms with E-state index in [1.807, 2.05) is 55.5 Å². The van der Waals surface area contributed by atoms with Crippen LogP contribution in [0.3, 0.4) is 0 Å². The first-order valence-corrected chi connectivity index (χ1v) is 10.6. The van der Waals surface area contributed by atoms with Gasteiger partial charge in [0.25, 0.3) is 0 Å². The third-order valence-electron chi connectivity index (χ3n) is 4.10. The van der Waals surface area contributed by atoms with Crippen molar-refractivity contribution in [1.29, 1.82) is 0 Å². The number of hydrogen-bond acceptors (Lipinski definition) is 3. The van der Waals surface area contributed by atoms with Crippen molar-refractivity contribution in [3.63, 3.8) is 0 Å². The summed E-state index contributed by atoms with van der Waals surface area (Å²) in [6.07, 6.45) is 2.69. The molecular formula is C20H21IN2O2S. The zero-order valence-corrected chi connectivity index (χ0v) is 17.5. The topological polar surface area (TPSA) is 58.2 Å². The molecule has 2 N–H and O–H groups in total. The molecule has 1 aliphatic carbocycles. The number of thioether (sulfide) groups is 1. The van der Waals surface area contributed by atoms with E-state index in [-0.39, 0.29) is 23.0 Å². The first-order chi connectivity index (χ1) is 12.5. The fourth-order valence-electron chi connectivity index (χ4n) is 2.48. The Hall–Kier alpha value is -1.54. The molecule has 2 aromatic rings. The van der Waals surface area contributed by atoms with Crippen LogP contribution in [0, 0.1) is 9.49 Å². The molecule has 1 saturated carbocycles. The number of amides is 2. The summed E-state index contributed by atoms with van der Waals surface area (Å²) in [6.45, 7) is 2.00. The number of halogens is 1. The fourth-order valence-corrected chi connectivity index (χ4v) is 3.85. The molecule has 4 nitrogen and oxygen atoms in total. The Morgan fingerprint density at radius 2 is 1.85 bits per heavy atom. The molecule has 1 unspecified atom stereocenters. The van der Waals surface area contributed by atoms with Crippen LogP contribution in [0.4, 0.5) is 11.4 Å². The van der Waals surface area contributed by atoms with E-state index in [1.54, 1.807) is 0 Å². The van der Waals surface area contributed by atoms with Crippen LogP contribution in [0.25, 0.3) is 0 Å². The third-order valence-corrected chi connectivity index (χ3v) is 6.18. The van der Waals surface area contributed by atoms with Crippen molar-refractivity contribution in [2.45, 2.75) is 36.3 Å². The zero-order valence-electron chi connectivity index (χ0n) is 14.5. The van der Waals surface area contributed by atoms with Crippen LogP contribution in [0.2, 0.25) is 0 Å². The zero-order chi connectivity index (χ0) is 18.5. The lowest BCUT2D eigenvalue weighted by molar-refractivity contribution is -0.117. The van der Waals surface area contributed by atoms with Crippen LogP contribution >= 0.6 is 34.4 Å². The van der Waals surface area contributed by atoms with Gasteiger partial charge in [-0.25, -0.2) is 0 Å². The van der Waals surface area contributed by atoms with E-state index in [0.29, 0.717) is 0 Å². The molecule has 136 valence electrons. The van der Waals surface area contributed by atoms with Gasteiger partial charge in [0.15, 0.2) is 0 Å². The van der Waals surface area contributed by atoms with Gasteiger partial charge < -0.3 is 10.6 Å². The molecule has 3 rings (SSSR count). The average molecular weight is 480 g/mol. The Morgan fingerprint density at radius 1 is 1.12 bits per heavy atom. The molecule has 1 aliphatic rings. The van der Waals surface area contributed by atoms with Gasteiger partial charge >= 0.3 is 0 Å². The van der Waals surface area contributed by atoms with Crippen LogP contribution in [-0.4, -0.2) is 17.1 Å². The van der Waals surface area contributed by atoms with Crippen molar-refractivity contribution < 1.29 is 9.59 Å². The normalized spacial score (nSPS) is 14.5. The molecule has 2 amide bonds. The summed E-state index contributed by atoms with van der Waals surface area (Å²) in [6, 6.07) is 15.5. The summed E-state index contributed by atoms with van der Waals surface area (Å²) in [5.74, 6) is 0.260. The highest BCUT2D eigenvalue weighted by molar-refractivity contribution is 14.1. The van der Waals surface area contributed by atoms with Gasteiger partial charge in [0, 0.05) is 25.8 Å². The second-order valence-electron chi connectivity index (χ2n) is 6.30. The minimum atomic E-state index is -0.191. The Kier molecular flexibility index (Phi) is 6.58. The molecule has 2 aromatic carbocycles. The Balaban J connectivity index is 1.62. The summed E-state index contributed by atoms with van der Waals surface area (Å²) in [5.41, 5.74) is 1.60. The maximum absolute atomic E-state index is 12.6. The van der Waals surface area contributed by atoms with Gasteiger partial charge in [-0.2, -0.15) is 0 Å². The second kappa shape index (κ2) is 8.90. The van der Waals surface area contributed by atoms with E-state index in [2.05, 4.69) is 33.2 Å². The van der Waals surface area contributed by atoms with Crippen molar-refractivity contribution in [2.75, 3.05) is 10.6 Å². The lowest BCUT2D eigenvalue weighted by Crippen LogP contribution is -2.24. The third kappa shape index (κ3) is 5.48. The number of anilines is 2. The van der Waals surface area contributed by atoms with Gasteiger partial charge in [0.2, 0.25) is 11.8 Å². The van der Waals surface area contributed by atoms with E-state index in [0.717, 1.165) is 39.1 Å². The number of carbonyl (C=O) groups is 2. The van der Waals surface area contributed by atoms with Crippen LogP contribution in [0.15, 0.2) is 53.4 Å². The van der Waals surface area contributed by atoms with Crippen molar-refractivity contribution in [2.24, 2.45) is 5.92 Å². The Bertz CT molecular complexity index is 791. The molecule has 1 fully saturated rings. The SMILES string of the molecule is CCC(Sc1cccc(NC(=O)C2CC2)c1)C(=O)Nc1ccc(I)cc1. The number of hydrogen-bond donors (Lipinski definition) is 2. The van der Waals surface area contributed by atoms with Crippen molar-refractivity contribution in [1.82, 2.24) is 0 Å². The predicted octanol–water partition coefficient (Wildman–Crippen LogP) is 5.15. The lowest BCUT2D eigenvalue weighted by Gasteiger charge is -2.15. The minimum absolute atomic E-state index is 0.00822. The van der Waals surface area contributed by atoms with E-state index < -0.39 is 0 Å². The minimum Gasteiger partial charge on any atom is -0.326 e. The lowest BCUT2D eigenvalue weighted by atomic mass is 10.3. The molecule has 0 saturated heterocycles. The maximum Gasteiger partial charge on any atom is 0.237 e. The highest BCUT2D eigenvalue weighted by Gasteiger charge is 2.29. The average Bonchev–Trinajstić information content (AvgIpc) is 3.47. The predicted molar refractivity (Wildman–Crippen MR) is 116 cm³/mol. The molecular weight excluding hydrogens is 459 g/mol. The molecule has 0 bridgehead atoms. The molecule has 0 aromatic heterocycles. The molecule has 1 atom stereocenters. The van der Waals surface area contributed by atoms with Crippen molar-refractivity contribution >= 4 is 57.5 Å². The number of benzene rings is 2. The van der Waals surface area contributed by atoms with E-state index in [9.17, 15) is 9.59 Å². The van der Waals surface area contributed by atoms with Gasteiger partial charge in [0.05, 0.1) is 5.25 Å². The van der Waals surface area contributed by atoms with E-state index >= 15 is 0 Å². The Labute approximate surface area is 171 Å². The molecule has 0 radical (unpaired) electrons. The first-order valence-electron chi connectivity index (χ1n) is 8.69. The van der Waals surface area contributed by atoms with E-state index in [4.69, 9.17) is 0 Å². The number of carbonyl (C=O) groups excluding carboxylic acids is 2. The van der Waals surface area contributed by atoms with Crippen LogP contribution in [0.1, 0.15) is 26.2 Å². The quantitative estimate of drug-likeness (QED) is 0.426. The highest BCUT2D eigenvalue weighted by atomic mass is 127. The summed E-state index contributed by atoms with van der Waals surface area (Å²) in [4.78, 5) is 25.5.